The normalized spacial score (nSPS) is 12.3. The van der Waals surface area contributed by atoms with Crippen LogP contribution in [-0.2, 0) is 9.63 Å². The molecule has 0 spiro atoms. The summed E-state index contributed by atoms with van der Waals surface area (Å²) in [7, 11) is 0. The molecule has 0 aliphatic heterocycles. The van der Waals surface area contributed by atoms with Gasteiger partial charge in [-0.2, -0.15) is 0 Å². The SMILES string of the molecule is C=C(O/N=C(\C)CCC)c1ccc(/C=C/C(=O)NCCC(C)(C)C)cc1. The Hall–Kier alpha value is -2.36. The molecule has 4 heteroatoms. The fourth-order valence-electron chi connectivity index (χ4n) is 2.16. The third-order valence-electron chi connectivity index (χ3n) is 3.76. The maximum Gasteiger partial charge on any atom is 0.243 e. The summed E-state index contributed by atoms with van der Waals surface area (Å²) in [6.45, 7) is 15.1. The van der Waals surface area contributed by atoms with Crippen LogP contribution in [0.25, 0.3) is 11.8 Å². The fourth-order valence-corrected chi connectivity index (χ4v) is 2.16. The average Bonchev–Trinajstić information content (AvgIpc) is 2.57. The summed E-state index contributed by atoms with van der Waals surface area (Å²) in [6, 6.07) is 7.66. The second-order valence-corrected chi connectivity index (χ2v) is 7.65. The summed E-state index contributed by atoms with van der Waals surface area (Å²) >= 11 is 0. The lowest BCUT2D eigenvalue weighted by atomic mass is 9.92. The molecular formula is C22H32N2O2. The van der Waals surface area contributed by atoms with Crippen LogP contribution in [0.2, 0.25) is 0 Å². The van der Waals surface area contributed by atoms with Crippen molar-refractivity contribution >= 4 is 23.5 Å². The zero-order valence-electron chi connectivity index (χ0n) is 16.8. The van der Waals surface area contributed by atoms with Crippen molar-refractivity contribution in [1.29, 1.82) is 0 Å². The molecule has 0 saturated heterocycles. The number of benzene rings is 1. The van der Waals surface area contributed by atoms with Gasteiger partial charge in [-0.05, 0) is 36.8 Å². The fraction of sp³-hybridized carbons (Fsp3) is 0.455. The monoisotopic (exact) mass is 356 g/mol. The second-order valence-electron chi connectivity index (χ2n) is 7.65. The highest BCUT2D eigenvalue weighted by Gasteiger charge is 2.09. The number of hydrogen-bond donors (Lipinski definition) is 1. The van der Waals surface area contributed by atoms with E-state index in [4.69, 9.17) is 4.84 Å². The largest absolute Gasteiger partial charge is 0.357 e. The number of nitrogens with zero attached hydrogens (tertiary/aromatic N) is 1. The molecule has 0 heterocycles. The van der Waals surface area contributed by atoms with Gasteiger partial charge >= 0.3 is 0 Å². The van der Waals surface area contributed by atoms with Gasteiger partial charge in [0.05, 0.1) is 5.71 Å². The predicted molar refractivity (Wildman–Crippen MR) is 111 cm³/mol. The van der Waals surface area contributed by atoms with Crippen molar-refractivity contribution in [2.45, 2.75) is 53.9 Å². The number of oxime groups is 1. The van der Waals surface area contributed by atoms with E-state index >= 15 is 0 Å². The van der Waals surface area contributed by atoms with Gasteiger partial charge in [0.15, 0.2) is 5.76 Å². The van der Waals surface area contributed by atoms with Gasteiger partial charge in [0.25, 0.3) is 0 Å². The molecule has 0 aliphatic carbocycles. The van der Waals surface area contributed by atoms with Gasteiger partial charge in [0, 0.05) is 18.2 Å². The Balaban J connectivity index is 2.52. The number of nitrogens with one attached hydrogen (secondary N) is 1. The molecule has 0 aromatic heterocycles. The molecular weight excluding hydrogens is 324 g/mol. The van der Waals surface area contributed by atoms with E-state index in [0.717, 1.165) is 36.1 Å². The lowest BCUT2D eigenvalue weighted by Crippen LogP contribution is -2.25. The highest BCUT2D eigenvalue weighted by atomic mass is 16.6. The van der Waals surface area contributed by atoms with E-state index in [-0.39, 0.29) is 11.3 Å². The summed E-state index contributed by atoms with van der Waals surface area (Å²) < 4.78 is 0. The lowest BCUT2D eigenvalue weighted by Gasteiger charge is -2.17. The molecule has 0 bridgehead atoms. The standard InChI is InChI=1S/C22H32N2O2/c1-7-8-17(2)24-26-18(3)20-12-9-19(10-13-20)11-14-21(25)23-16-15-22(4,5)6/h9-14H,3,7-8,15-16H2,1-2,4-6H3,(H,23,25)/b14-11+,24-17+. The molecule has 4 nitrogen and oxygen atoms in total. The molecule has 1 aromatic rings. The minimum atomic E-state index is -0.0770. The van der Waals surface area contributed by atoms with Gasteiger partial charge in [-0.15, -0.1) is 0 Å². The van der Waals surface area contributed by atoms with Gasteiger partial charge in [-0.25, -0.2) is 0 Å². The molecule has 26 heavy (non-hydrogen) atoms. The number of hydrogen-bond acceptors (Lipinski definition) is 3. The number of rotatable bonds is 9. The van der Waals surface area contributed by atoms with Gasteiger partial charge < -0.3 is 10.2 Å². The van der Waals surface area contributed by atoms with Gasteiger partial charge in [0.1, 0.15) is 0 Å². The Labute approximate surface area is 158 Å². The van der Waals surface area contributed by atoms with Crippen LogP contribution in [0.4, 0.5) is 0 Å². The Bertz CT molecular complexity index is 650. The van der Waals surface area contributed by atoms with Crippen LogP contribution in [0.15, 0.2) is 42.1 Å². The predicted octanol–water partition coefficient (Wildman–Crippen LogP) is 5.42. The van der Waals surface area contributed by atoms with E-state index in [1.165, 1.54) is 0 Å². The molecule has 1 amide bonds. The molecule has 1 N–H and O–H groups in total. The Kier molecular flexibility index (Phi) is 8.83. The van der Waals surface area contributed by atoms with Crippen LogP contribution < -0.4 is 5.32 Å². The van der Waals surface area contributed by atoms with Crippen molar-refractivity contribution in [1.82, 2.24) is 5.32 Å². The number of carbonyl (C=O) groups is 1. The summed E-state index contributed by atoms with van der Waals surface area (Å²) in [4.78, 5) is 17.2. The first-order valence-corrected chi connectivity index (χ1v) is 9.17. The van der Waals surface area contributed by atoms with E-state index in [2.05, 4.69) is 44.7 Å². The van der Waals surface area contributed by atoms with Crippen LogP contribution in [0.5, 0.6) is 0 Å². The number of amides is 1. The quantitative estimate of drug-likeness (QED) is 0.278. The third kappa shape index (κ3) is 9.21. The first-order valence-electron chi connectivity index (χ1n) is 9.17. The van der Waals surface area contributed by atoms with E-state index in [9.17, 15) is 4.79 Å². The van der Waals surface area contributed by atoms with Crippen molar-refractivity contribution < 1.29 is 9.63 Å². The van der Waals surface area contributed by atoms with Crippen LogP contribution in [0.3, 0.4) is 0 Å². The summed E-state index contributed by atoms with van der Waals surface area (Å²) in [5, 5.41) is 6.97. The van der Waals surface area contributed by atoms with Crippen LogP contribution in [0.1, 0.15) is 65.0 Å². The van der Waals surface area contributed by atoms with Crippen molar-refractivity contribution in [3.63, 3.8) is 0 Å². The van der Waals surface area contributed by atoms with Crippen molar-refractivity contribution in [3.8, 4) is 0 Å². The molecule has 0 radical (unpaired) electrons. The van der Waals surface area contributed by atoms with Crippen molar-refractivity contribution in [2.75, 3.05) is 6.54 Å². The molecule has 0 fully saturated rings. The highest BCUT2D eigenvalue weighted by molar-refractivity contribution is 5.91. The third-order valence-corrected chi connectivity index (χ3v) is 3.76. The zero-order valence-corrected chi connectivity index (χ0v) is 16.8. The maximum atomic E-state index is 11.8. The first kappa shape index (κ1) is 21.7. The van der Waals surface area contributed by atoms with E-state index < -0.39 is 0 Å². The van der Waals surface area contributed by atoms with Crippen LogP contribution >= 0.6 is 0 Å². The van der Waals surface area contributed by atoms with E-state index in [1.54, 1.807) is 12.2 Å². The van der Waals surface area contributed by atoms with E-state index in [1.807, 2.05) is 31.2 Å². The van der Waals surface area contributed by atoms with E-state index in [0.29, 0.717) is 12.3 Å². The highest BCUT2D eigenvalue weighted by Crippen LogP contribution is 2.17. The molecule has 1 aromatic carbocycles. The summed E-state index contributed by atoms with van der Waals surface area (Å²) in [6.07, 6.45) is 6.25. The molecule has 0 unspecified atom stereocenters. The number of carbonyl (C=O) groups excluding carboxylic acids is 1. The molecule has 142 valence electrons. The van der Waals surface area contributed by atoms with Gasteiger partial charge in [0.2, 0.25) is 5.91 Å². The Morgan fingerprint density at radius 2 is 1.92 bits per heavy atom. The summed E-state index contributed by atoms with van der Waals surface area (Å²) in [5.74, 6) is 0.433. The molecule has 1 rings (SSSR count). The van der Waals surface area contributed by atoms with Crippen molar-refractivity contribution in [2.24, 2.45) is 10.6 Å². The topological polar surface area (TPSA) is 50.7 Å². The van der Waals surface area contributed by atoms with Crippen LogP contribution in [0, 0.1) is 5.41 Å². The summed E-state index contributed by atoms with van der Waals surface area (Å²) in [5.41, 5.74) is 2.98. The average molecular weight is 357 g/mol. The molecule has 0 atom stereocenters. The lowest BCUT2D eigenvalue weighted by molar-refractivity contribution is -0.116. The van der Waals surface area contributed by atoms with Crippen LogP contribution in [-0.4, -0.2) is 18.2 Å². The van der Waals surface area contributed by atoms with Crippen molar-refractivity contribution in [3.05, 3.63) is 48.0 Å². The Morgan fingerprint density at radius 1 is 1.27 bits per heavy atom. The van der Waals surface area contributed by atoms with Gasteiger partial charge in [-0.3, -0.25) is 4.79 Å². The smallest absolute Gasteiger partial charge is 0.243 e. The van der Waals surface area contributed by atoms with Gasteiger partial charge in [-0.1, -0.05) is 70.1 Å². The maximum absolute atomic E-state index is 11.8. The first-order chi connectivity index (χ1) is 12.2. The second kappa shape index (κ2) is 10.6. The Morgan fingerprint density at radius 3 is 2.50 bits per heavy atom. The molecule has 0 saturated carbocycles. The minimum absolute atomic E-state index is 0.0770. The molecule has 0 aliphatic rings. The zero-order chi connectivity index (χ0) is 19.6. The minimum Gasteiger partial charge on any atom is -0.357 e.